The molecule has 0 saturated carbocycles. The van der Waals surface area contributed by atoms with Crippen LogP contribution in [0.3, 0.4) is 0 Å². The third kappa shape index (κ3) is 3.86. The molecule has 116 valence electrons. The topological polar surface area (TPSA) is 45.2 Å². The molecule has 23 heavy (non-hydrogen) atoms. The smallest absolute Gasteiger partial charge is 0.317 e. The maximum atomic E-state index is 12.2. The second-order valence-electron chi connectivity index (χ2n) is 5.54. The van der Waals surface area contributed by atoms with Gasteiger partial charge in [0.25, 0.3) is 0 Å². The van der Waals surface area contributed by atoms with E-state index in [1.807, 2.05) is 60.8 Å². The first-order valence-corrected chi connectivity index (χ1v) is 7.59. The summed E-state index contributed by atoms with van der Waals surface area (Å²) in [4.78, 5) is 18.3. The highest BCUT2D eigenvalue weighted by molar-refractivity contribution is 5.79. The Morgan fingerprint density at radius 1 is 1.04 bits per heavy atom. The van der Waals surface area contributed by atoms with Crippen LogP contribution >= 0.6 is 0 Å². The van der Waals surface area contributed by atoms with Crippen molar-refractivity contribution in [3.63, 3.8) is 0 Å². The summed E-state index contributed by atoms with van der Waals surface area (Å²) in [6.45, 7) is 1.05. The van der Waals surface area contributed by atoms with Gasteiger partial charge in [-0.1, -0.05) is 48.5 Å². The first-order valence-electron chi connectivity index (χ1n) is 7.59. The Morgan fingerprint density at radius 3 is 2.61 bits per heavy atom. The van der Waals surface area contributed by atoms with E-state index in [0.29, 0.717) is 13.1 Å². The molecule has 0 saturated heterocycles. The van der Waals surface area contributed by atoms with E-state index in [-0.39, 0.29) is 6.03 Å². The molecule has 0 atom stereocenters. The number of nitrogens with one attached hydrogen (secondary N) is 1. The molecule has 0 bridgehead atoms. The molecule has 0 aliphatic carbocycles. The van der Waals surface area contributed by atoms with Gasteiger partial charge in [-0.25, -0.2) is 4.79 Å². The number of hydrogen-bond acceptors (Lipinski definition) is 2. The summed E-state index contributed by atoms with van der Waals surface area (Å²) in [6, 6.07) is 19.8. The maximum Gasteiger partial charge on any atom is 0.317 e. The molecule has 4 heteroatoms. The Morgan fingerprint density at radius 2 is 1.78 bits per heavy atom. The first-order chi connectivity index (χ1) is 11.2. The van der Waals surface area contributed by atoms with E-state index in [0.717, 1.165) is 22.0 Å². The van der Waals surface area contributed by atoms with Crippen LogP contribution in [0, 0.1) is 0 Å². The van der Waals surface area contributed by atoms with Crippen LogP contribution < -0.4 is 5.32 Å². The lowest BCUT2D eigenvalue weighted by Crippen LogP contribution is -2.36. The Hall–Kier alpha value is -2.88. The highest BCUT2D eigenvalue weighted by atomic mass is 16.2. The number of nitrogens with zero attached hydrogens (tertiary/aromatic N) is 2. The summed E-state index contributed by atoms with van der Waals surface area (Å²) in [5, 5.41) is 4.01. The van der Waals surface area contributed by atoms with Crippen molar-refractivity contribution >= 4 is 16.9 Å². The van der Waals surface area contributed by atoms with Crippen LogP contribution in [0.15, 0.2) is 66.9 Å². The Labute approximate surface area is 135 Å². The Balaban J connectivity index is 1.60. The molecule has 0 unspecified atom stereocenters. The van der Waals surface area contributed by atoms with Crippen LogP contribution in [-0.2, 0) is 13.1 Å². The lowest BCUT2D eigenvalue weighted by Gasteiger charge is -2.18. The van der Waals surface area contributed by atoms with Crippen LogP contribution in [0.5, 0.6) is 0 Å². The molecule has 0 spiro atoms. The van der Waals surface area contributed by atoms with Gasteiger partial charge in [0.05, 0.1) is 5.52 Å². The summed E-state index contributed by atoms with van der Waals surface area (Å²) in [5.74, 6) is 0. The number of benzene rings is 2. The van der Waals surface area contributed by atoms with Crippen molar-refractivity contribution in [3.05, 3.63) is 78.0 Å². The number of pyridine rings is 1. The third-order valence-corrected chi connectivity index (χ3v) is 3.70. The van der Waals surface area contributed by atoms with Gasteiger partial charge in [0, 0.05) is 31.7 Å². The van der Waals surface area contributed by atoms with Gasteiger partial charge in [0.2, 0.25) is 0 Å². The van der Waals surface area contributed by atoms with Crippen molar-refractivity contribution in [2.45, 2.75) is 13.1 Å². The lowest BCUT2D eigenvalue weighted by molar-refractivity contribution is 0.206. The van der Waals surface area contributed by atoms with E-state index in [4.69, 9.17) is 0 Å². The quantitative estimate of drug-likeness (QED) is 0.801. The van der Waals surface area contributed by atoms with E-state index in [1.54, 1.807) is 11.9 Å². The predicted octanol–water partition coefficient (Wildman–Crippen LogP) is 3.58. The zero-order chi connectivity index (χ0) is 16.1. The number of para-hydroxylation sites is 1. The summed E-state index contributed by atoms with van der Waals surface area (Å²) in [5.41, 5.74) is 3.06. The predicted molar refractivity (Wildman–Crippen MR) is 91.9 cm³/mol. The summed E-state index contributed by atoms with van der Waals surface area (Å²) >= 11 is 0. The molecule has 3 aromatic rings. The number of carbonyl (C=O) groups is 1. The summed E-state index contributed by atoms with van der Waals surface area (Å²) < 4.78 is 0. The van der Waals surface area contributed by atoms with Crippen molar-refractivity contribution < 1.29 is 4.79 Å². The molecule has 0 aliphatic heterocycles. The number of aromatic nitrogens is 1. The normalized spacial score (nSPS) is 10.5. The zero-order valence-electron chi connectivity index (χ0n) is 13.1. The molecule has 1 N–H and O–H groups in total. The van der Waals surface area contributed by atoms with Gasteiger partial charge < -0.3 is 10.2 Å². The highest BCUT2D eigenvalue weighted by Gasteiger charge is 2.09. The molecular weight excluding hydrogens is 286 g/mol. The highest BCUT2D eigenvalue weighted by Crippen LogP contribution is 2.13. The summed E-state index contributed by atoms with van der Waals surface area (Å²) in [6.07, 6.45) is 1.82. The van der Waals surface area contributed by atoms with Gasteiger partial charge in [-0.05, 0) is 23.3 Å². The van der Waals surface area contributed by atoms with E-state index in [9.17, 15) is 4.79 Å². The van der Waals surface area contributed by atoms with Gasteiger partial charge in [-0.3, -0.25) is 4.98 Å². The van der Waals surface area contributed by atoms with Crippen LogP contribution in [0.1, 0.15) is 11.1 Å². The standard InChI is InChI=1S/C19H19N3O/c1-22(19(23)21-12-15-7-3-2-4-8-15)14-16-11-17-9-5-6-10-18(17)20-13-16/h2-11,13H,12,14H2,1H3,(H,21,23). The zero-order valence-corrected chi connectivity index (χ0v) is 13.1. The molecule has 0 aliphatic rings. The van der Waals surface area contributed by atoms with E-state index >= 15 is 0 Å². The molecule has 0 radical (unpaired) electrons. The molecule has 1 heterocycles. The van der Waals surface area contributed by atoms with Gasteiger partial charge in [0.1, 0.15) is 0 Å². The van der Waals surface area contributed by atoms with Crippen molar-refractivity contribution in [1.29, 1.82) is 0 Å². The minimum atomic E-state index is -0.0954. The van der Waals surface area contributed by atoms with Crippen molar-refractivity contribution in [2.24, 2.45) is 0 Å². The van der Waals surface area contributed by atoms with Gasteiger partial charge >= 0.3 is 6.03 Å². The number of amides is 2. The molecule has 4 nitrogen and oxygen atoms in total. The van der Waals surface area contributed by atoms with Gasteiger partial charge in [0.15, 0.2) is 0 Å². The third-order valence-electron chi connectivity index (χ3n) is 3.70. The Bertz CT molecular complexity index is 802. The first kappa shape index (κ1) is 15.0. The maximum absolute atomic E-state index is 12.2. The number of hydrogen-bond donors (Lipinski definition) is 1. The average Bonchev–Trinajstić information content (AvgIpc) is 2.60. The van der Waals surface area contributed by atoms with Gasteiger partial charge in [-0.15, -0.1) is 0 Å². The fourth-order valence-electron chi connectivity index (χ4n) is 2.46. The number of fused-ring (bicyclic) bond motifs is 1. The molecule has 3 rings (SSSR count). The van der Waals surface area contributed by atoms with Crippen molar-refractivity contribution in [2.75, 3.05) is 7.05 Å². The number of urea groups is 1. The molecular formula is C19H19N3O. The largest absolute Gasteiger partial charge is 0.334 e. The Kier molecular flexibility index (Phi) is 4.52. The van der Waals surface area contributed by atoms with Crippen LogP contribution in [0.25, 0.3) is 10.9 Å². The average molecular weight is 305 g/mol. The number of carbonyl (C=O) groups excluding carboxylic acids is 1. The van der Waals surface area contributed by atoms with E-state index in [2.05, 4.69) is 16.4 Å². The molecule has 2 aromatic carbocycles. The fraction of sp³-hybridized carbons (Fsp3) is 0.158. The minimum absolute atomic E-state index is 0.0954. The minimum Gasteiger partial charge on any atom is -0.334 e. The monoisotopic (exact) mass is 305 g/mol. The second-order valence-corrected chi connectivity index (χ2v) is 5.54. The van der Waals surface area contributed by atoms with Crippen molar-refractivity contribution in [3.8, 4) is 0 Å². The SMILES string of the molecule is CN(Cc1cnc2ccccc2c1)C(=O)NCc1ccccc1. The lowest BCUT2D eigenvalue weighted by atomic mass is 10.1. The van der Waals surface area contributed by atoms with E-state index < -0.39 is 0 Å². The van der Waals surface area contributed by atoms with E-state index in [1.165, 1.54) is 0 Å². The molecule has 2 amide bonds. The summed E-state index contributed by atoms with van der Waals surface area (Å²) in [7, 11) is 1.79. The second kappa shape index (κ2) is 6.92. The van der Waals surface area contributed by atoms with Gasteiger partial charge in [-0.2, -0.15) is 0 Å². The van der Waals surface area contributed by atoms with Crippen molar-refractivity contribution in [1.82, 2.24) is 15.2 Å². The van der Waals surface area contributed by atoms with Crippen LogP contribution in [-0.4, -0.2) is 23.0 Å². The fourth-order valence-corrected chi connectivity index (χ4v) is 2.46. The van der Waals surface area contributed by atoms with Crippen LogP contribution in [0.4, 0.5) is 4.79 Å². The molecule has 0 fully saturated rings. The molecule has 1 aromatic heterocycles. The van der Waals surface area contributed by atoms with Crippen LogP contribution in [0.2, 0.25) is 0 Å². The number of rotatable bonds is 4.